The van der Waals surface area contributed by atoms with Crippen molar-refractivity contribution in [1.82, 2.24) is 0 Å². The van der Waals surface area contributed by atoms with Gasteiger partial charge in [-0.25, -0.2) is 0 Å². The molecule has 0 radical (unpaired) electrons. The predicted molar refractivity (Wildman–Crippen MR) is 101 cm³/mol. The molecule has 2 atom stereocenters. The Bertz CT molecular complexity index is 818. The van der Waals surface area contributed by atoms with E-state index in [1.807, 2.05) is 0 Å². The molecule has 0 heterocycles. The quantitative estimate of drug-likeness (QED) is 0.471. The highest BCUT2D eigenvalue weighted by molar-refractivity contribution is 5.96. The van der Waals surface area contributed by atoms with Gasteiger partial charge < -0.3 is 10.1 Å². The average molecular weight is 388 g/mol. The molecule has 150 valence electrons. The first-order valence-electron chi connectivity index (χ1n) is 9.52. The third-order valence-electron chi connectivity index (χ3n) is 5.90. The summed E-state index contributed by atoms with van der Waals surface area (Å²) in [5.74, 6) is -1.36. The number of ketones is 1. The zero-order valence-electron chi connectivity index (χ0n) is 16.0. The third-order valence-corrected chi connectivity index (χ3v) is 5.90. The van der Waals surface area contributed by atoms with E-state index in [-0.39, 0.29) is 34.9 Å². The van der Waals surface area contributed by atoms with Crippen molar-refractivity contribution in [2.45, 2.75) is 46.0 Å². The monoisotopic (exact) mass is 388 g/mol. The molecule has 2 aliphatic carbocycles. The fourth-order valence-corrected chi connectivity index (χ4v) is 4.21. The number of amides is 1. The molecular weight excluding hydrogens is 364 g/mol. The highest BCUT2D eigenvalue weighted by Gasteiger charge is 2.41. The van der Waals surface area contributed by atoms with Crippen LogP contribution in [0, 0.1) is 41.7 Å². The Balaban J connectivity index is 1.59. The van der Waals surface area contributed by atoms with E-state index in [0.29, 0.717) is 18.4 Å². The van der Waals surface area contributed by atoms with E-state index < -0.39 is 23.4 Å². The van der Waals surface area contributed by atoms with Crippen molar-refractivity contribution >= 4 is 29.0 Å². The second-order valence-corrected chi connectivity index (χ2v) is 7.71. The lowest BCUT2D eigenvalue weighted by Gasteiger charge is -2.36. The van der Waals surface area contributed by atoms with Gasteiger partial charge in [-0.15, -0.1) is 0 Å². The Morgan fingerprint density at radius 3 is 2.46 bits per heavy atom. The zero-order chi connectivity index (χ0) is 20.4. The highest BCUT2D eigenvalue weighted by Crippen LogP contribution is 2.40. The SMILES string of the molecule is Cc1ccc([N+](=O)[O-])c(NC(=O)COC(=O)C2C[C@H]3CCC[C@H](C2)C3=O)c1C. The maximum atomic E-state index is 12.4. The van der Waals surface area contributed by atoms with E-state index in [1.54, 1.807) is 19.9 Å². The van der Waals surface area contributed by atoms with Gasteiger partial charge in [0.1, 0.15) is 11.5 Å². The molecule has 1 aromatic rings. The van der Waals surface area contributed by atoms with Crippen molar-refractivity contribution in [3.05, 3.63) is 33.4 Å². The summed E-state index contributed by atoms with van der Waals surface area (Å²) in [6.07, 6.45) is 3.61. The van der Waals surface area contributed by atoms with Crippen molar-refractivity contribution < 1.29 is 24.0 Å². The van der Waals surface area contributed by atoms with Crippen LogP contribution in [-0.2, 0) is 19.1 Å². The van der Waals surface area contributed by atoms with Gasteiger partial charge in [0.15, 0.2) is 6.61 Å². The highest BCUT2D eigenvalue weighted by atomic mass is 16.6. The number of rotatable bonds is 5. The fourth-order valence-electron chi connectivity index (χ4n) is 4.21. The maximum absolute atomic E-state index is 12.4. The van der Waals surface area contributed by atoms with E-state index in [1.165, 1.54) is 6.07 Å². The number of nitrogens with zero attached hydrogens (tertiary/aromatic N) is 1. The number of carbonyl (C=O) groups excluding carboxylic acids is 3. The number of fused-ring (bicyclic) bond motifs is 2. The summed E-state index contributed by atoms with van der Waals surface area (Å²) in [6, 6.07) is 2.95. The van der Waals surface area contributed by atoms with Gasteiger partial charge in [-0.05, 0) is 50.7 Å². The van der Waals surface area contributed by atoms with E-state index in [9.17, 15) is 24.5 Å². The van der Waals surface area contributed by atoms with Crippen molar-refractivity contribution in [2.24, 2.45) is 17.8 Å². The molecule has 3 rings (SSSR count). The number of benzene rings is 1. The van der Waals surface area contributed by atoms with Crippen molar-refractivity contribution in [3.8, 4) is 0 Å². The molecule has 1 amide bonds. The van der Waals surface area contributed by atoms with Gasteiger partial charge in [-0.1, -0.05) is 12.5 Å². The molecule has 0 unspecified atom stereocenters. The van der Waals surface area contributed by atoms with Crippen LogP contribution >= 0.6 is 0 Å². The van der Waals surface area contributed by atoms with Gasteiger partial charge in [0, 0.05) is 17.9 Å². The van der Waals surface area contributed by atoms with Crippen LogP contribution in [0.4, 0.5) is 11.4 Å². The first-order chi connectivity index (χ1) is 13.3. The minimum Gasteiger partial charge on any atom is -0.455 e. The summed E-state index contributed by atoms with van der Waals surface area (Å²) >= 11 is 0. The zero-order valence-corrected chi connectivity index (χ0v) is 16.0. The summed E-state index contributed by atoms with van der Waals surface area (Å²) in [4.78, 5) is 47.3. The van der Waals surface area contributed by atoms with Crippen LogP contribution in [0.1, 0.15) is 43.2 Å². The fraction of sp³-hybridized carbons (Fsp3) is 0.550. The summed E-state index contributed by atoms with van der Waals surface area (Å²) in [7, 11) is 0. The van der Waals surface area contributed by atoms with Crippen LogP contribution in [0.25, 0.3) is 0 Å². The Morgan fingerprint density at radius 2 is 1.86 bits per heavy atom. The normalized spacial score (nSPS) is 23.8. The molecule has 8 nitrogen and oxygen atoms in total. The summed E-state index contributed by atoms with van der Waals surface area (Å²) in [6.45, 7) is 2.96. The molecule has 1 N–H and O–H groups in total. The Morgan fingerprint density at radius 1 is 1.21 bits per heavy atom. The number of carbonyl (C=O) groups is 3. The Labute approximate surface area is 162 Å². The molecule has 0 aromatic heterocycles. The molecular formula is C20H24N2O6. The predicted octanol–water partition coefficient (Wildman–Crippen LogP) is 3.09. The van der Waals surface area contributed by atoms with Gasteiger partial charge in [-0.3, -0.25) is 24.5 Å². The van der Waals surface area contributed by atoms with Crippen molar-refractivity contribution in [1.29, 1.82) is 0 Å². The topological polar surface area (TPSA) is 116 Å². The van der Waals surface area contributed by atoms with E-state index in [0.717, 1.165) is 24.8 Å². The smallest absolute Gasteiger partial charge is 0.309 e. The number of nitro groups is 1. The molecule has 28 heavy (non-hydrogen) atoms. The van der Waals surface area contributed by atoms with Gasteiger partial charge in [0.05, 0.1) is 10.8 Å². The number of ether oxygens (including phenoxy) is 1. The number of anilines is 1. The number of esters is 1. The lowest BCUT2D eigenvalue weighted by molar-refractivity contribution is -0.384. The minimum atomic E-state index is -0.628. The number of aryl methyl sites for hydroxylation is 1. The molecule has 0 spiro atoms. The standard InChI is InChI=1S/C20H24N2O6/c1-11-6-7-16(22(26)27)18(12(11)2)21-17(23)10-28-20(25)15-8-13-4-3-5-14(9-15)19(13)24/h6-7,13-15H,3-5,8-10H2,1-2H3,(H,21,23)/t13-,14-/m1/s1. The number of Topliss-reactive ketones (excluding diaryl/α,β-unsaturated/α-hetero) is 1. The van der Waals surface area contributed by atoms with Crippen LogP contribution in [0.3, 0.4) is 0 Å². The first-order valence-corrected chi connectivity index (χ1v) is 9.52. The van der Waals surface area contributed by atoms with Gasteiger partial charge in [-0.2, -0.15) is 0 Å². The van der Waals surface area contributed by atoms with Crippen LogP contribution in [-0.4, -0.2) is 29.2 Å². The van der Waals surface area contributed by atoms with Crippen LogP contribution in [0.5, 0.6) is 0 Å². The number of nitrogens with one attached hydrogen (secondary N) is 1. The number of hydrogen-bond acceptors (Lipinski definition) is 6. The average Bonchev–Trinajstić information content (AvgIpc) is 2.63. The molecule has 2 bridgehead atoms. The van der Waals surface area contributed by atoms with Gasteiger partial charge >= 0.3 is 5.97 Å². The van der Waals surface area contributed by atoms with Crippen LogP contribution in [0.15, 0.2) is 12.1 Å². The van der Waals surface area contributed by atoms with Gasteiger partial charge in [0.25, 0.3) is 11.6 Å². The third kappa shape index (κ3) is 4.05. The minimum absolute atomic E-state index is 0.0727. The molecule has 1 aromatic carbocycles. The Kier molecular flexibility index (Phi) is 5.76. The van der Waals surface area contributed by atoms with E-state index in [2.05, 4.69) is 5.32 Å². The second kappa shape index (κ2) is 8.08. The second-order valence-electron chi connectivity index (χ2n) is 7.71. The van der Waals surface area contributed by atoms with Crippen molar-refractivity contribution in [2.75, 3.05) is 11.9 Å². The lowest BCUT2D eigenvalue weighted by atomic mass is 9.67. The van der Waals surface area contributed by atoms with E-state index in [4.69, 9.17) is 4.74 Å². The molecule has 0 saturated heterocycles. The number of nitro benzene ring substituents is 1. The molecule has 2 saturated carbocycles. The summed E-state index contributed by atoms with van der Waals surface area (Å²) in [5.41, 5.74) is 1.30. The number of hydrogen-bond donors (Lipinski definition) is 1. The van der Waals surface area contributed by atoms with Crippen molar-refractivity contribution in [3.63, 3.8) is 0 Å². The molecule has 8 heteroatoms. The summed E-state index contributed by atoms with van der Waals surface area (Å²) < 4.78 is 5.15. The first kappa shape index (κ1) is 20.0. The van der Waals surface area contributed by atoms with Crippen LogP contribution in [0.2, 0.25) is 0 Å². The Hall–Kier alpha value is -2.77. The summed E-state index contributed by atoms with van der Waals surface area (Å²) in [5, 5.41) is 13.7. The van der Waals surface area contributed by atoms with Crippen LogP contribution < -0.4 is 5.32 Å². The maximum Gasteiger partial charge on any atom is 0.309 e. The van der Waals surface area contributed by atoms with Gasteiger partial charge in [0.2, 0.25) is 0 Å². The molecule has 0 aliphatic heterocycles. The van der Waals surface area contributed by atoms with E-state index >= 15 is 0 Å². The molecule has 2 aliphatic rings. The lowest BCUT2D eigenvalue weighted by Crippen LogP contribution is -2.40. The molecule has 2 fully saturated rings. The largest absolute Gasteiger partial charge is 0.455 e.